The average molecular weight is 186 g/mol. The molecule has 0 aromatic rings. The molecule has 0 bridgehead atoms. The highest BCUT2D eigenvalue weighted by Gasteiger charge is 2.02. The second-order valence-electron chi connectivity index (χ2n) is 3.01. The van der Waals surface area contributed by atoms with Crippen molar-refractivity contribution in [2.24, 2.45) is 0 Å². The summed E-state index contributed by atoms with van der Waals surface area (Å²) in [7, 11) is 3.54. The third kappa shape index (κ3) is 38.7. The van der Waals surface area contributed by atoms with E-state index in [0.717, 1.165) is 11.0 Å². The molecule has 0 heterocycles. The molecule has 0 aliphatic carbocycles. The van der Waals surface area contributed by atoms with Crippen molar-refractivity contribution in [2.75, 3.05) is 34.3 Å². The number of likely N-dealkylation sites (N-methyl/N-ethyl adjacent to an activating group) is 1. The van der Waals surface area contributed by atoms with E-state index in [1.54, 1.807) is 0 Å². The summed E-state index contributed by atoms with van der Waals surface area (Å²) < 4.78 is 0.844. The van der Waals surface area contributed by atoms with Crippen molar-refractivity contribution < 1.29 is 24.3 Å². The van der Waals surface area contributed by atoms with Crippen LogP contribution in [0.3, 0.4) is 0 Å². The third-order valence-electron chi connectivity index (χ3n) is 0.771. The first kappa shape index (κ1) is 13.8. The Morgan fingerprint density at radius 2 is 1.36 bits per heavy atom. The lowest BCUT2D eigenvalue weighted by Gasteiger charge is -2.21. The molecule has 0 aromatic heterocycles. The molecule has 5 nitrogen and oxygen atoms in total. The Morgan fingerprint density at radius 1 is 1.09 bits per heavy atom. The van der Waals surface area contributed by atoms with E-state index in [1.165, 1.54) is 0 Å². The van der Waals surface area contributed by atoms with Gasteiger partial charge < -0.3 is 24.3 Å². The Labute approximate surface area is 68.1 Å². The van der Waals surface area contributed by atoms with Gasteiger partial charge in [-0.15, -0.1) is 0 Å². The number of aliphatic hydroxyl groups excluding tert-OH is 1. The van der Waals surface area contributed by atoms with Gasteiger partial charge in [0.25, 0.3) is 0 Å². The minimum atomic E-state index is -2.62. The molecule has 0 fully saturated rings. The van der Waals surface area contributed by atoms with Gasteiger partial charge in [-0.2, -0.15) is 0 Å². The summed E-state index contributed by atoms with van der Waals surface area (Å²) >= 11 is 0. The molecule has 0 atom stereocenters. The van der Waals surface area contributed by atoms with Gasteiger partial charge in [0.05, 0.1) is 27.7 Å². The summed E-state index contributed by atoms with van der Waals surface area (Å²) in [6.45, 7) is 1.11. The molecule has 0 saturated heterocycles. The molecule has 0 unspecified atom stereocenters. The number of rotatable bonds is 2. The fourth-order valence-electron chi connectivity index (χ4n) is 0.300. The molecule has 0 aliphatic heterocycles. The Bertz CT molecular complexity index is 80.3. The van der Waals surface area contributed by atoms with Crippen molar-refractivity contribution >= 4 is 8.60 Å². The van der Waals surface area contributed by atoms with Gasteiger partial charge in [0.15, 0.2) is 0 Å². The zero-order valence-electron chi connectivity index (χ0n) is 7.10. The molecule has 0 aliphatic rings. The zero-order valence-corrected chi connectivity index (χ0v) is 7.99. The largest absolute Gasteiger partial charge is 0.391 e. The molecule has 0 amide bonds. The monoisotopic (exact) mass is 186 g/mol. The van der Waals surface area contributed by atoms with Crippen LogP contribution >= 0.6 is 8.60 Å². The quantitative estimate of drug-likeness (QED) is 0.325. The van der Waals surface area contributed by atoms with Gasteiger partial charge in [0, 0.05) is 0 Å². The first-order chi connectivity index (χ1) is 4.79. The summed E-state index contributed by atoms with van der Waals surface area (Å²) in [5, 5.41) is 8.39. The second kappa shape index (κ2) is 6.91. The highest BCUT2D eigenvalue weighted by Crippen LogP contribution is 2.11. The Kier molecular flexibility index (Phi) is 8.67. The maximum Gasteiger partial charge on any atom is 0.324 e. The van der Waals surface area contributed by atoms with Crippen LogP contribution in [-0.2, 0) is 0 Å². The normalized spacial score (nSPS) is 10.9. The predicted octanol–water partition coefficient (Wildman–Crippen LogP) is -1.12. The van der Waals surface area contributed by atoms with Crippen LogP contribution in [0.25, 0.3) is 0 Å². The van der Waals surface area contributed by atoms with E-state index < -0.39 is 8.60 Å². The topological polar surface area (TPSA) is 80.9 Å². The van der Waals surface area contributed by atoms with E-state index in [2.05, 4.69) is 21.1 Å². The van der Waals surface area contributed by atoms with Gasteiger partial charge in [-0.3, -0.25) is 0 Å². The summed E-state index contributed by atoms with van der Waals surface area (Å²) in [6.07, 6.45) is 0. The number of aliphatic hydroxyl groups is 1. The van der Waals surface area contributed by atoms with Crippen molar-refractivity contribution in [3.63, 3.8) is 0 Å². The average Bonchev–Trinajstić information content (AvgIpc) is 1.58. The number of hydrogen-bond donors (Lipinski definition) is 4. The fraction of sp³-hybridized carbons (Fsp3) is 1.00. The highest BCUT2D eigenvalue weighted by molar-refractivity contribution is 7.38. The van der Waals surface area contributed by atoms with Crippen LogP contribution in [0, 0.1) is 0 Å². The number of nitrogens with zero attached hydrogens (tertiary/aromatic N) is 1. The smallest absolute Gasteiger partial charge is 0.324 e. The van der Waals surface area contributed by atoms with Gasteiger partial charge in [-0.25, -0.2) is 0 Å². The van der Waals surface area contributed by atoms with Crippen molar-refractivity contribution in [1.29, 1.82) is 0 Å². The molecule has 11 heavy (non-hydrogen) atoms. The lowest BCUT2D eigenvalue weighted by molar-refractivity contribution is -0.870. The van der Waals surface area contributed by atoms with E-state index in [-0.39, 0.29) is 6.61 Å². The maximum atomic E-state index is 8.39. The minimum Gasteiger partial charge on any atom is -0.391 e. The van der Waals surface area contributed by atoms with Gasteiger partial charge in [0.2, 0.25) is 0 Å². The standard InChI is InChI=1S/C5H14NO.H3O3P/c1-6(2,3)4-5-7;1-4(2)3/h7H,4-5H2,1-3H3;1-3H/q+1;. The number of quaternary nitrogens is 1. The minimum absolute atomic E-state index is 0.281. The van der Waals surface area contributed by atoms with E-state index in [1.807, 2.05) is 0 Å². The molecule has 6 heteroatoms. The van der Waals surface area contributed by atoms with Gasteiger partial charge >= 0.3 is 8.60 Å². The summed E-state index contributed by atoms with van der Waals surface area (Å²) in [4.78, 5) is 21.7. The third-order valence-corrected chi connectivity index (χ3v) is 0.771. The molecular weight excluding hydrogens is 169 g/mol. The SMILES string of the molecule is C[N+](C)(C)CCO.OP(O)O. The Balaban J connectivity index is 0. The molecular formula is C5H17NO4P+. The molecule has 70 valence electrons. The van der Waals surface area contributed by atoms with Crippen LogP contribution in [-0.4, -0.2) is 58.6 Å². The summed E-state index contributed by atoms with van der Waals surface area (Å²) in [6, 6.07) is 0. The van der Waals surface area contributed by atoms with Crippen LogP contribution in [0.5, 0.6) is 0 Å². The van der Waals surface area contributed by atoms with Crippen molar-refractivity contribution in [3.05, 3.63) is 0 Å². The summed E-state index contributed by atoms with van der Waals surface area (Å²) in [5.74, 6) is 0. The second-order valence-corrected chi connectivity index (χ2v) is 3.54. The first-order valence-corrected chi connectivity index (χ1v) is 4.27. The van der Waals surface area contributed by atoms with E-state index >= 15 is 0 Å². The van der Waals surface area contributed by atoms with Crippen LogP contribution in [0.15, 0.2) is 0 Å². The molecule has 4 N–H and O–H groups in total. The molecule has 0 aromatic carbocycles. The van der Waals surface area contributed by atoms with E-state index in [4.69, 9.17) is 19.8 Å². The van der Waals surface area contributed by atoms with Crippen molar-refractivity contribution in [1.82, 2.24) is 0 Å². The van der Waals surface area contributed by atoms with Gasteiger partial charge in [0.1, 0.15) is 6.54 Å². The van der Waals surface area contributed by atoms with Crippen molar-refractivity contribution in [2.45, 2.75) is 0 Å². The lowest BCUT2D eigenvalue weighted by atomic mass is 10.5. The zero-order chi connectivity index (χ0) is 9.49. The van der Waals surface area contributed by atoms with Crippen LogP contribution in [0.2, 0.25) is 0 Å². The molecule has 0 rings (SSSR count). The molecule has 0 spiro atoms. The Hall–Kier alpha value is 0.230. The Morgan fingerprint density at radius 3 is 1.36 bits per heavy atom. The molecule has 0 saturated carbocycles. The summed E-state index contributed by atoms with van der Waals surface area (Å²) in [5.41, 5.74) is 0. The van der Waals surface area contributed by atoms with Crippen LogP contribution < -0.4 is 0 Å². The van der Waals surface area contributed by atoms with Crippen LogP contribution in [0.4, 0.5) is 0 Å². The fourth-order valence-corrected chi connectivity index (χ4v) is 0.300. The predicted molar refractivity (Wildman–Crippen MR) is 43.6 cm³/mol. The van der Waals surface area contributed by atoms with Gasteiger partial charge in [-0.1, -0.05) is 0 Å². The molecule has 0 radical (unpaired) electrons. The van der Waals surface area contributed by atoms with Crippen LogP contribution in [0.1, 0.15) is 0 Å². The van der Waals surface area contributed by atoms with E-state index in [0.29, 0.717) is 0 Å². The van der Waals surface area contributed by atoms with E-state index in [9.17, 15) is 0 Å². The maximum absolute atomic E-state index is 8.39. The van der Waals surface area contributed by atoms with Crippen molar-refractivity contribution in [3.8, 4) is 0 Å². The lowest BCUT2D eigenvalue weighted by Crippen LogP contribution is -2.36. The van der Waals surface area contributed by atoms with Gasteiger partial charge in [-0.05, 0) is 0 Å². The first-order valence-electron chi connectivity index (χ1n) is 3.07. The highest BCUT2D eigenvalue weighted by atomic mass is 31.2. The number of hydrogen-bond acceptors (Lipinski definition) is 4.